The molecule has 0 aliphatic rings. The number of amides is 1. The minimum atomic E-state index is -0.268. The third-order valence-corrected chi connectivity index (χ3v) is 4.56. The number of hydrogen-bond donors (Lipinski definition) is 1. The number of allylic oxidation sites excluding steroid dienone is 1. The van der Waals surface area contributed by atoms with Gasteiger partial charge < -0.3 is 14.3 Å². The van der Waals surface area contributed by atoms with Crippen LogP contribution in [0.5, 0.6) is 0 Å². The molecule has 0 saturated carbocycles. The standard InChI is InChI=1S/C23H21N3O2/c1-17(24-23(27)21-14-8-16-28-21)22-25-19-12-5-6-13-20(19)26(22)15-7-11-18-9-3-2-4-10-18/h2-14,16-17H,15H2,1H3,(H,24,27)/b11-7-/t17-/m0/s1. The van der Waals surface area contributed by atoms with Gasteiger partial charge in [0.25, 0.3) is 5.91 Å². The van der Waals surface area contributed by atoms with Crippen molar-refractivity contribution in [2.75, 3.05) is 0 Å². The van der Waals surface area contributed by atoms with Gasteiger partial charge in [0, 0.05) is 6.54 Å². The molecule has 1 N–H and O–H groups in total. The number of carbonyl (C=O) groups excluding carboxylic acids is 1. The highest BCUT2D eigenvalue weighted by Gasteiger charge is 2.19. The number of rotatable bonds is 6. The second-order valence-electron chi connectivity index (χ2n) is 6.55. The van der Waals surface area contributed by atoms with E-state index in [4.69, 9.17) is 9.40 Å². The predicted octanol–water partition coefficient (Wildman–Crippen LogP) is 4.83. The molecule has 140 valence electrons. The van der Waals surface area contributed by atoms with Crippen molar-refractivity contribution in [1.82, 2.24) is 14.9 Å². The van der Waals surface area contributed by atoms with E-state index in [0.717, 1.165) is 22.4 Å². The quantitative estimate of drug-likeness (QED) is 0.528. The Morgan fingerprint density at radius 2 is 1.89 bits per heavy atom. The Balaban J connectivity index is 1.61. The molecule has 5 nitrogen and oxygen atoms in total. The van der Waals surface area contributed by atoms with Gasteiger partial charge >= 0.3 is 0 Å². The van der Waals surface area contributed by atoms with Crippen LogP contribution in [0.4, 0.5) is 0 Å². The van der Waals surface area contributed by atoms with Gasteiger partial charge in [-0.1, -0.05) is 54.6 Å². The second kappa shape index (κ2) is 7.96. The lowest BCUT2D eigenvalue weighted by molar-refractivity contribution is 0.0909. The first-order valence-electron chi connectivity index (χ1n) is 9.23. The van der Waals surface area contributed by atoms with Crippen molar-refractivity contribution >= 4 is 23.0 Å². The maximum absolute atomic E-state index is 12.4. The number of fused-ring (bicyclic) bond motifs is 1. The van der Waals surface area contributed by atoms with E-state index in [2.05, 4.69) is 34.2 Å². The molecule has 0 spiro atoms. The number of hydrogen-bond acceptors (Lipinski definition) is 3. The van der Waals surface area contributed by atoms with Crippen LogP contribution in [0.3, 0.4) is 0 Å². The number of nitrogens with zero attached hydrogens (tertiary/aromatic N) is 2. The molecule has 5 heteroatoms. The van der Waals surface area contributed by atoms with E-state index in [0.29, 0.717) is 12.3 Å². The van der Waals surface area contributed by atoms with Crippen LogP contribution in [0.15, 0.2) is 83.5 Å². The number of benzene rings is 2. The summed E-state index contributed by atoms with van der Waals surface area (Å²) in [4.78, 5) is 17.1. The molecule has 0 radical (unpaired) electrons. The van der Waals surface area contributed by atoms with Crippen molar-refractivity contribution in [3.05, 3.63) is 96.2 Å². The Labute approximate surface area is 163 Å². The van der Waals surface area contributed by atoms with Crippen LogP contribution < -0.4 is 5.32 Å². The van der Waals surface area contributed by atoms with Gasteiger partial charge in [-0.25, -0.2) is 4.98 Å². The highest BCUT2D eigenvalue weighted by Crippen LogP contribution is 2.21. The average molecular weight is 371 g/mol. The van der Waals surface area contributed by atoms with Crippen LogP contribution >= 0.6 is 0 Å². The van der Waals surface area contributed by atoms with Gasteiger partial charge in [0.1, 0.15) is 5.82 Å². The average Bonchev–Trinajstić information content (AvgIpc) is 3.37. The first kappa shape index (κ1) is 17.8. The summed E-state index contributed by atoms with van der Waals surface area (Å²) in [6, 6.07) is 21.2. The molecule has 0 fully saturated rings. The minimum Gasteiger partial charge on any atom is -0.459 e. The van der Waals surface area contributed by atoms with Crippen molar-refractivity contribution in [3.63, 3.8) is 0 Å². The molecule has 4 rings (SSSR count). The highest BCUT2D eigenvalue weighted by molar-refractivity contribution is 5.91. The molecule has 4 aromatic rings. The smallest absolute Gasteiger partial charge is 0.287 e. The number of imidazole rings is 1. The molecular weight excluding hydrogens is 350 g/mol. The topological polar surface area (TPSA) is 60.1 Å². The van der Waals surface area contributed by atoms with E-state index >= 15 is 0 Å². The molecule has 1 amide bonds. The van der Waals surface area contributed by atoms with E-state index in [1.807, 2.05) is 49.4 Å². The molecule has 0 aliphatic heterocycles. The van der Waals surface area contributed by atoms with E-state index in [1.54, 1.807) is 12.1 Å². The fraction of sp³-hybridized carbons (Fsp3) is 0.130. The van der Waals surface area contributed by atoms with Crippen molar-refractivity contribution in [1.29, 1.82) is 0 Å². The van der Waals surface area contributed by atoms with Crippen LogP contribution in [-0.2, 0) is 6.54 Å². The Kier molecular flexibility index (Phi) is 5.06. The Bertz CT molecular complexity index is 1100. The molecule has 28 heavy (non-hydrogen) atoms. The Morgan fingerprint density at radius 3 is 2.68 bits per heavy atom. The van der Waals surface area contributed by atoms with Crippen molar-refractivity contribution in [3.8, 4) is 0 Å². The molecule has 0 bridgehead atoms. The van der Waals surface area contributed by atoms with Gasteiger partial charge in [0.05, 0.1) is 23.3 Å². The van der Waals surface area contributed by atoms with Crippen LogP contribution in [0.1, 0.15) is 34.9 Å². The zero-order chi connectivity index (χ0) is 19.3. The molecule has 0 aliphatic carbocycles. The predicted molar refractivity (Wildman–Crippen MR) is 110 cm³/mol. The lowest BCUT2D eigenvalue weighted by Gasteiger charge is -2.14. The van der Waals surface area contributed by atoms with Gasteiger partial charge in [0.15, 0.2) is 5.76 Å². The van der Waals surface area contributed by atoms with Gasteiger partial charge in [-0.2, -0.15) is 0 Å². The Hall–Kier alpha value is -3.60. The molecule has 0 unspecified atom stereocenters. The molecule has 2 aromatic heterocycles. The molecule has 0 saturated heterocycles. The first-order chi connectivity index (χ1) is 13.7. The first-order valence-corrected chi connectivity index (χ1v) is 9.23. The van der Waals surface area contributed by atoms with Crippen LogP contribution in [0, 0.1) is 0 Å². The lowest BCUT2D eigenvalue weighted by atomic mass is 10.2. The van der Waals surface area contributed by atoms with Gasteiger partial charge in [-0.15, -0.1) is 0 Å². The third-order valence-electron chi connectivity index (χ3n) is 4.56. The zero-order valence-electron chi connectivity index (χ0n) is 15.6. The normalized spacial score (nSPS) is 12.5. The number of nitrogens with one attached hydrogen (secondary N) is 1. The summed E-state index contributed by atoms with van der Waals surface area (Å²) >= 11 is 0. The van der Waals surface area contributed by atoms with Gasteiger partial charge in [0.2, 0.25) is 0 Å². The molecule has 2 aromatic carbocycles. The summed E-state index contributed by atoms with van der Waals surface area (Å²) in [6.07, 6.45) is 5.68. The summed E-state index contributed by atoms with van der Waals surface area (Å²) < 4.78 is 7.31. The molecule has 1 atom stereocenters. The summed E-state index contributed by atoms with van der Waals surface area (Å²) in [5, 5.41) is 2.97. The monoisotopic (exact) mass is 371 g/mol. The zero-order valence-corrected chi connectivity index (χ0v) is 15.6. The lowest BCUT2D eigenvalue weighted by Crippen LogP contribution is -2.28. The van der Waals surface area contributed by atoms with E-state index < -0.39 is 0 Å². The fourth-order valence-corrected chi connectivity index (χ4v) is 3.22. The summed E-state index contributed by atoms with van der Waals surface area (Å²) in [5.74, 6) is 0.841. The van der Waals surface area contributed by atoms with Gasteiger partial charge in [-0.3, -0.25) is 4.79 Å². The SMILES string of the molecule is C[C@H](NC(=O)c1ccco1)c1nc2ccccc2n1C/C=C\c1ccccc1. The number of para-hydroxylation sites is 2. The molecular formula is C23H21N3O2. The maximum Gasteiger partial charge on any atom is 0.287 e. The minimum absolute atomic E-state index is 0.254. The van der Waals surface area contributed by atoms with E-state index in [1.165, 1.54) is 6.26 Å². The van der Waals surface area contributed by atoms with E-state index in [9.17, 15) is 4.79 Å². The van der Waals surface area contributed by atoms with Crippen LogP contribution in [0.2, 0.25) is 0 Å². The summed E-state index contributed by atoms with van der Waals surface area (Å²) in [7, 11) is 0. The number of aromatic nitrogens is 2. The fourth-order valence-electron chi connectivity index (χ4n) is 3.22. The number of carbonyl (C=O) groups is 1. The largest absolute Gasteiger partial charge is 0.459 e. The summed E-state index contributed by atoms with van der Waals surface area (Å²) in [5.41, 5.74) is 3.09. The molecule has 2 heterocycles. The summed E-state index contributed by atoms with van der Waals surface area (Å²) in [6.45, 7) is 2.59. The number of furan rings is 1. The van der Waals surface area contributed by atoms with Crippen LogP contribution in [-0.4, -0.2) is 15.5 Å². The van der Waals surface area contributed by atoms with E-state index in [-0.39, 0.29) is 11.9 Å². The third kappa shape index (κ3) is 3.74. The second-order valence-corrected chi connectivity index (χ2v) is 6.55. The maximum atomic E-state index is 12.4. The van der Waals surface area contributed by atoms with Crippen LogP contribution in [0.25, 0.3) is 17.1 Å². The van der Waals surface area contributed by atoms with Crippen molar-refractivity contribution in [2.45, 2.75) is 19.5 Å². The Morgan fingerprint density at radius 1 is 1.11 bits per heavy atom. The van der Waals surface area contributed by atoms with Gasteiger partial charge in [-0.05, 0) is 36.8 Å². The van der Waals surface area contributed by atoms with Crippen molar-refractivity contribution < 1.29 is 9.21 Å². The highest BCUT2D eigenvalue weighted by atomic mass is 16.3. The van der Waals surface area contributed by atoms with Crippen molar-refractivity contribution in [2.24, 2.45) is 0 Å².